The molecule has 10 heteroatoms. The van der Waals surface area contributed by atoms with E-state index in [1.54, 1.807) is 51.6 Å². The number of aliphatic hydroxyl groups excluding tert-OH is 2. The normalized spacial score (nSPS) is 11.2. The molecule has 2 N–H and O–H groups in total. The Morgan fingerprint density at radius 3 is 1.76 bits per heavy atom. The van der Waals surface area contributed by atoms with Gasteiger partial charge in [-0.05, 0) is 113 Å². The van der Waals surface area contributed by atoms with Crippen LogP contribution >= 0.6 is 11.6 Å². The number of rotatable bonds is 6. The molecule has 248 valence electrons. The summed E-state index contributed by atoms with van der Waals surface area (Å²) in [6, 6.07) is 35.4. The van der Waals surface area contributed by atoms with Crippen LogP contribution in [0.25, 0.3) is 55.8 Å². The molecule has 0 aliphatic carbocycles. The maximum absolute atomic E-state index is 14.5. The number of fused-ring (bicyclic) bond motifs is 2. The Hall–Kier alpha value is -5.74. The van der Waals surface area contributed by atoms with Crippen molar-refractivity contribution in [1.82, 2.24) is 19.2 Å². The van der Waals surface area contributed by atoms with Crippen LogP contribution in [0.2, 0.25) is 5.02 Å². The van der Waals surface area contributed by atoms with Crippen molar-refractivity contribution < 1.29 is 23.4 Å². The van der Waals surface area contributed by atoms with E-state index >= 15 is 0 Å². The maximum Gasteiger partial charge on any atom is 0.139 e. The van der Waals surface area contributed by atoms with Gasteiger partial charge in [0.2, 0.25) is 0 Å². The van der Waals surface area contributed by atoms with E-state index in [2.05, 4.69) is 16.3 Å². The average molecular weight is 689 g/mol. The average Bonchev–Trinajstić information content (AvgIpc) is 3.77. The highest BCUT2D eigenvalue weighted by molar-refractivity contribution is 6.30. The molecule has 0 unspecified atom stereocenters. The number of hydrogen-bond acceptors (Lipinski definition) is 4. The van der Waals surface area contributed by atoms with Crippen molar-refractivity contribution >= 4 is 22.6 Å². The second-order valence-electron chi connectivity index (χ2n) is 11.5. The van der Waals surface area contributed by atoms with Crippen LogP contribution in [0.1, 0.15) is 11.1 Å². The third kappa shape index (κ3) is 6.75. The fourth-order valence-electron chi connectivity index (χ4n) is 5.67. The van der Waals surface area contributed by atoms with Gasteiger partial charge in [0.25, 0.3) is 0 Å². The molecular formula is C40H28ClF3N4O2. The van der Waals surface area contributed by atoms with Gasteiger partial charge in [-0.25, -0.2) is 22.2 Å². The summed E-state index contributed by atoms with van der Waals surface area (Å²) in [5.74, 6) is -1.77. The maximum atomic E-state index is 14.5. The molecule has 0 atom stereocenters. The lowest BCUT2D eigenvalue weighted by atomic mass is 10.0. The van der Waals surface area contributed by atoms with Gasteiger partial charge < -0.3 is 10.2 Å². The molecule has 8 aromatic rings. The highest BCUT2D eigenvalue weighted by Gasteiger charge is 2.15. The largest absolute Gasteiger partial charge is 0.392 e. The summed E-state index contributed by atoms with van der Waals surface area (Å²) in [6.07, 6.45) is 3.62. The lowest BCUT2D eigenvalue weighted by Crippen LogP contribution is -1.98. The minimum Gasteiger partial charge on any atom is -0.392 e. The first-order chi connectivity index (χ1) is 24.3. The predicted molar refractivity (Wildman–Crippen MR) is 189 cm³/mol. The molecule has 4 aromatic carbocycles. The Labute approximate surface area is 289 Å². The van der Waals surface area contributed by atoms with Gasteiger partial charge in [-0.15, -0.1) is 0 Å². The van der Waals surface area contributed by atoms with Crippen LogP contribution in [0.3, 0.4) is 0 Å². The van der Waals surface area contributed by atoms with Crippen molar-refractivity contribution in [3.8, 4) is 44.8 Å². The smallest absolute Gasteiger partial charge is 0.139 e. The van der Waals surface area contributed by atoms with Gasteiger partial charge in [-0.2, -0.15) is 10.2 Å². The molecule has 0 aliphatic rings. The molecule has 6 nitrogen and oxygen atoms in total. The quantitative estimate of drug-likeness (QED) is 0.183. The molecule has 0 spiro atoms. The summed E-state index contributed by atoms with van der Waals surface area (Å²) < 4.78 is 44.6. The molecule has 4 heterocycles. The third-order valence-corrected chi connectivity index (χ3v) is 8.56. The number of halogens is 4. The Morgan fingerprint density at radius 2 is 1.14 bits per heavy atom. The zero-order valence-corrected chi connectivity index (χ0v) is 27.1. The molecule has 0 radical (unpaired) electrons. The molecule has 4 aromatic heterocycles. The van der Waals surface area contributed by atoms with Crippen LogP contribution in [0.15, 0.2) is 134 Å². The SMILES string of the molecule is OCc1c(F)ccc(-c2ccn3nc(-c4ccc(Cl)cc4)cc3c2)c1F.OCc1cccc(-c2ccn3nc(-c4ccc(F)cc4)cc3c2)c1. The monoisotopic (exact) mass is 688 g/mol. The summed E-state index contributed by atoms with van der Waals surface area (Å²) in [6.45, 7) is -0.668. The van der Waals surface area contributed by atoms with Crippen molar-refractivity contribution in [2.75, 3.05) is 0 Å². The van der Waals surface area contributed by atoms with Gasteiger partial charge >= 0.3 is 0 Å². The first kappa shape index (κ1) is 32.8. The topological polar surface area (TPSA) is 75.1 Å². The van der Waals surface area contributed by atoms with E-state index in [0.29, 0.717) is 10.6 Å². The van der Waals surface area contributed by atoms with Gasteiger partial charge in [-0.3, -0.25) is 0 Å². The summed E-state index contributed by atoms with van der Waals surface area (Å²) >= 11 is 5.91. The molecule has 0 bridgehead atoms. The summed E-state index contributed by atoms with van der Waals surface area (Å²) in [4.78, 5) is 0. The van der Waals surface area contributed by atoms with Crippen molar-refractivity contribution in [1.29, 1.82) is 0 Å². The van der Waals surface area contributed by atoms with E-state index in [-0.39, 0.29) is 23.6 Å². The van der Waals surface area contributed by atoms with Crippen LogP contribution in [0.4, 0.5) is 13.2 Å². The fraction of sp³-hybridized carbons (Fsp3) is 0.0500. The Balaban J connectivity index is 0.000000157. The summed E-state index contributed by atoms with van der Waals surface area (Å²) in [5, 5.41) is 28.2. The lowest BCUT2D eigenvalue weighted by molar-refractivity contribution is 0.269. The van der Waals surface area contributed by atoms with Crippen molar-refractivity contribution in [2.24, 2.45) is 0 Å². The minimum absolute atomic E-state index is 0.0253. The van der Waals surface area contributed by atoms with Crippen LogP contribution in [-0.4, -0.2) is 29.4 Å². The molecular weight excluding hydrogens is 661 g/mol. The van der Waals surface area contributed by atoms with Crippen LogP contribution in [0, 0.1) is 17.5 Å². The molecule has 0 saturated carbocycles. The van der Waals surface area contributed by atoms with Crippen LogP contribution in [-0.2, 0) is 13.2 Å². The Bertz CT molecular complexity index is 2460. The Kier molecular flexibility index (Phi) is 9.19. The third-order valence-electron chi connectivity index (χ3n) is 8.30. The van der Waals surface area contributed by atoms with E-state index in [4.69, 9.17) is 11.6 Å². The van der Waals surface area contributed by atoms with E-state index < -0.39 is 18.2 Å². The fourth-order valence-corrected chi connectivity index (χ4v) is 5.80. The molecule has 0 aliphatic heterocycles. The van der Waals surface area contributed by atoms with E-state index in [0.717, 1.165) is 56.3 Å². The highest BCUT2D eigenvalue weighted by atomic mass is 35.5. The number of aromatic nitrogens is 4. The molecule has 8 rings (SSSR count). The first-order valence-electron chi connectivity index (χ1n) is 15.6. The van der Waals surface area contributed by atoms with Crippen LogP contribution < -0.4 is 0 Å². The van der Waals surface area contributed by atoms with E-state index in [1.807, 2.05) is 60.8 Å². The standard InChI is InChI=1S/C20H13ClF2N2O.C20H15FN2O/c21-14-3-1-12(2-4-14)19-10-15-9-13(7-8-25(15)24-19)16-5-6-18(22)17(11-26)20(16)23;21-18-6-4-15(5-7-18)20-12-19-11-17(8-9-23(19)22-20)16-3-1-2-14(10-16)13-24/h1-10,26H,11H2;1-12,24H,13H2. The van der Waals surface area contributed by atoms with Gasteiger partial charge in [0, 0.05) is 39.7 Å². The summed E-state index contributed by atoms with van der Waals surface area (Å²) in [7, 11) is 0. The number of benzene rings is 4. The van der Waals surface area contributed by atoms with Crippen LogP contribution in [0.5, 0.6) is 0 Å². The predicted octanol–water partition coefficient (Wildman–Crippen LogP) is 9.39. The Morgan fingerprint density at radius 1 is 0.560 bits per heavy atom. The number of aliphatic hydroxyl groups is 2. The van der Waals surface area contributed by atoms with Crippen molar-refractivity contribution in [3.05, 3.63) is 167 Å². The minimum atomic E-state index is -0.760. The second kappa shape index (κ2) is 14.0. The second-order valence-corrected chi connectivity index (χ2v) is 12.0. The molecule has 0 saturated heterocycles. The van der Waals surface area contributed by atoms with E-state index in [1.165, 1.54) is 18.2 Å². The first-order valence-corrected chi connectivity index (χ1v) is 16.0. The highest BCUT2D eigenvalue weighted by Crippen LogP contribution is 2.30. The van der Waals surface area contributed by atoms with Gasteiger partial charge in [0.15, 0.2) is 0 Å². The van der Waals surface area contributed by atoms with Gasteiger partial charge in [0.05, 0.1) is 35.6 Å². The number of hydrogen-bond donors (Lipinski definition) is 2. The zero-order valence-electron chi connectivity index (χ0n) is 26.3. The zero-order chi connectivity index (χ0) is 34.8. The van der Waals surface area contributed by atoms with Gasteiger partial charge in [-0.1, -0.05) is 41.9 Å². The number of nitrogens with zero attached hydrogens (tertiary/aromatic N) is 4. The molecule has 0 fully saturated rings. The molecule has 0 amide bonds. The lowest BCUT2D eigenvalue weighted by Gasteiger charge is -2.08. The van der Waals surface area contributed by atoms with Crippen molar-refractivity contribution in [3.63, 3.8) is 0 Å². The van der Waals surface area contributed by atoms with Crippen molar-refractivity contribution in [2.45, 2.75) is 13.2 Å². The van der Waals surface area contributed by atoms with Gasteiger partial charge in [0.1, 0.15) is 17.5 Å². The van der Waals surface area contributed by atoms with E-state index in [9.17, 15) is 23.4 Å². The molecule has 50 heavy (non-hydrogen) atoms. The summed E-state index contributed by atoms with van der Waals surface area (Å²) in [5.41, 5.74) is 8.54. The number of pyridine rings is 2.